The molecule has 21 heavy (non-hydrogen) atoms. The maximum absolute atomic E-state index is 12.3. The monoisotopic (exact) mass is 282 g/mol. The molecule has 0 spiro atoms. The van der Waals surface area contributed by atoms with Gasteiger partial charge in [0, 0.05) is 6.54 Å². The van der Waals surface area contributed by atoms with Crippen LogP contribution in [0.4, 0.5) is 0 Å². The van der Waals surface area contributed by atoms with Crippen LogP contribution in [0.1, 0.15) is 38.8 Å². The molecular weight excluding hydrogens is 260 g/mol. The van der Waals surface area contributed by atoms with E-state index in [0.717, 1.165) is 5.56 Å². The molecule has 3 nitrogen and oxygen atoms in total. The van der Waals surface area contributed by atoms with Crippen molar-refractivity contribution in [3.05, 3.63) is 47.0 Å². The van der Waals surface area contributed by atoms with Crippen LogP contribution in [0.2, 0.25) is 0 Å². The fraction of sp³-hybridized carbons (Fsp3) is 0.444. The van der Waals surface area contributed by atoms with Gasteiger partial charge in [-0.15, -0.1) is 0 Å². The number of carbonyl (C=O) groups excluding carboxylic acids is 1. The Bertz CT molecular complexity index is 601. The minimum atomic E-state index is 0.0476. The van der Waals surface area contributed by atoms with Crippen LogP contribution in [0, 0.1) is 28.6 Å². The topological polar surface area (TPSA) is 52.9 Å². The van der Waals surface area contributed by atoms with E-state index in [1.165, 1.54) is 5.57 Å². The Hall–Kier alpha value is -2.08. The van der Waals surface area contributed by atoms with Crippen LogP contribution in [0.5, 0.6) is 0 Å². The number of nitrogens with zero attached hydrogens (tertiary/aromatic N) is 1. The SMILES string of the molecule is CC(C)=CC1C(C(=O)NCc2ccc(C#N)cc2)C1(C)C. The van der Waals surface area contributed by atoms with E-state index in [-0.39, 0.29) is 17.2 Å². The zero-order valence-electron chi connectivity index (χ0n) is 13.1. The fourth-order valence-electron chi connectivity index (χ4n) is 2.84. The molecule has 1 fully saturated rings. The van der Waals surface area contributed by atoms with E-state index < -0.39 is 0 Å². The van der Waals surface area contributed by atoms with Gasteiger partial charge in [0.05, 0.1) is 17.6 Å². The zero-order chi connectivity index (χ0) is 15.6. The number of rotatable bonds is 4. The second kappa shape index (κ2) is 5.73. The molecule has 1 aromatic carbocycles. The Labute approximate surface area is 126 Å². The van der Waals surface area contributed by atoms with Crippen molar-refractivity contribution >= 4 is 5.91 Å². The summed E-state index contributed by atoms with van der Waals surface area (Å²) >= 11 is 0. The lowest BCUT2D eigenvalue weighted by molar-refractivity contribution is -0.123. The first-order valence-electron chi connectivity index (χ1n) is 7.28. The average molecular weight is 282 g/mol. The summed E-state index contributed by atoms with van der Waals surface area (Å²) in [4.78, 5) is 12.3. The van der Waals surface area contributed by atoms with Crippen LogP contribution >= 0.6 is 0 Å². The van der Waals surface area contributed by atoms with Gasteiger partial charge in [0.1, 0.15) is 0 Å². The van der Waals surface area contributed by atoms with Gasteiger partial charge in [0.25, 0.3) is 0 Å². The van der Waals surface area contributed by atoms with E-state index in [9.17, 15) is 4.79 Å². The highest BCUT2D eigenvalue weighted by molar-refractivity contribution is 5.83. The van der Waals surface area contributed by atoms with E-state index in [1.807, 2.05) is 12.1 Å². The second-order valence-electron chi connectivity index (χ2n) is 6.60. The molecule has 0 bridgehead atoms. The highest BCUT2D eigenvalue weighted by Gasteiger charge is 2.60. The summed E-state index contributed by atoms with van der Waals surface area (Å²) in [5.41, 5.74) is 2.96. The molecule has 0 aromatic heterocycles. The highest BCUT2D eigenvalue weighted by Crippen LogP contribution is 2.59. The maximum atomic E-state index is 12.3. The van der Waals surface area contributed by atoms with Gasteiger partial charge in [-0.1, -0.05) is 37.6 Å². The molecule has 110 valence electrons. The summed E-state index contributed by atoms with van der Waals surface area (Å²) in [6.45, 7) is 8.94. The van der Waals surface area contributed by atoms with Crippen LogP contribution in [-0.2, 0) is 11.3 Å². The van der Waals surface area contributed by atoms with Crippen molar-refractivity contribution in [2.75, 3.05) is 0 Å². The summed E-state index contributed by atoms with van der Waals surface area (Å²) in [6.07, 6.45) is 2.20. The summed E-state index contributed by atoms with van der Waals surface area (Å²) in [5, 5.41) is 11.8. The largest absolute Gasteiger partial charge is 0.352 e. The summed E-state index contributed by atoms with van der Waals surface area (Å²) in [6, 6.07) is 9.39. The number of nitrogens with one attached hydrogen (secondary N) is 1. The van der Waals surface area contributed by atoms with Gasteiger partial charge < -0.3 is 5.32 Å². The molecule has 2 unspecified atom stereocenters. The third-order valence-electron chi connectivity index (χ3n) is 4.26. The lowest BCUT2D eigenvalue weighted by Crippen LogP contribution is -2.26. The number of hydrogen-bond donors (Lipinski definition) is 1. The first-order valence-corrected chi connectivity index (χ1v) is 7.28. The van der Waals surface area contributed by atoms with Crippen LogP contribution in [0.3, 0.4) is 0 Å². The predicted molar refractivity (Wildman–Crippen MR) is 83.2 cm³/mol. The molecule has 0 saturated heterocycles. The number of amides is 1. The van der Waals surface area contributed by atoms with Gasteiger partial charge in [0.15, 0.2) is 0 Å². The van der Waals surface area contributed by atoms with Crippen molar-refractivity contribution in [2.24, 2.45) is 17.3 Å². The van der Waals surface area contributed by atoms with E-state index >= 15 is 0 Å². The maximum Gasteiger partial charge on any atom is 0.224 e. The lowest BCUT2D eigenvalue weighted by atomic mass is 10.1. The highest BCUT2D eigenvalue weighted by atomic mass is 16.2. The summed E-state index contributed by atoms with van der Waals surface area (Å²) in [5.74, 6) is 0.515. The third kappa shape index (κ3) is 3.33. The third-order valence-corrected chi connectivity index (χ3v) is 4.26. The van der Waals surface area contributed by atoms with Gasteiger partial charge in [-0.05, 0) is 42.9 Å². The first-order chi connectivity index (χ1) is 9.86. The van der Waals surface area contributed by atoms with Crippen molar-refractivity contribution < 1.29 is 4.79 Å². The minimum Gasteiger partial charge on any atom is -0.352 e. The molecule has 1 saturated carbocycles. The molecule has 0 heterocycles. The fourth-order valence-corrected chi connectivity index (χ4v) is 2.84. The van der Waals surface area contributed by atoms with Crippen LogP contribution in [0.25, 0.3) is 0 Å². The van der Waals surface area contributed by atoms with Gasteiger partial charge in [-0.3, -0.25) is 4.79 Å². The van der Waals surface area contributed by atoms with Gasteiger partial charge in [0.2, 0.25) is 5.91 Å². The van der Waals surface area contributed by atoms with Crippen LogP contribution in [-0.4, -0.2) is 5.91 Å². The molecule has 1 aliphatic carbocycles. The summed E-state index contributed by atoms with van der Waals surface area (Å²) in [7, 11) is 0. The molecule has 1 N–H and O–H groups in total. The Morgan fingerprint density at radius 3 is 2.48 bits per heavy atom. The molecule has 1 aliphatic rings. The Morgan fingerprint density at radius 2 is 1.95 bits per heavy atom. The van der Waals surface area contributed by atoms with E-state index in [4.69, 9.17) is 5.26 Å². The van der Waals surface area contributed by atoms with Gasteiger partial charge in [-0.25, -0.2) is 0 Å². The number of carbonyl (C=O) groups is 1. The van der Waals surface area contributed by atoms with Crippen LogP contribution < -0.4 is 5.32 Å². The van der Waals surface area contributed by atoms with Crippen molar-refractivity contribution in [2.45, 2.75) is 34.2 Å². The molecule has 1 amide bonds. The van der Waals surface area contributed by atoms with E-state index in [0.29, 0.717) is 18.0 Å². The van der Waals surface area contributed by atoms with Gasteiger partial charge >= 0.3 is 0 Å². The Kier molecular flexibility index (Phi) is 4.18. The lowest BCUT2D eigenvalue weighted by Gasteiger charge is -2.06. The first kappa shape index (κ1) is 15.3. The summed E-state index contributed by atoms with van der Waals surface area (Å²) < 4.78 is 0. The molecule has 2 atom stereocenters. The number of hydrogen-bond acceptors (Lipinski definition) is 2. The quantitative estimate of drug-likeness (QED) is 0.860. The minimum absolute atomic E-state index is 0.0476. The Balaban J connectivity index is 1.93. The van der Waals surface area contributed by atoms with Crippen molar-refractivity contribution in [1.29, 1.82) is 5.26 Å². The Morgan fingerprint density at radius 1 is 1.33 bits per heavy atom. The van der Waals surface area contributed by atoms with Crippen LogP contribution in [0.15, 0.2) is 35.9 Å². The standard InChI is InChI=1S/C18H22N2O/c1-12(2)9-15-16(18(15,3)4)17(21)20-11-14-7-5-13(10-19)6-8-14/h5-9,15-16H,11H2,1-4H3,(H,20,21). The van der Waals surface area contributed by atoms with Crippen molar-refractivity contribution in [3.63, 3.8) is 0 Å². The average Bonchev–Trinajstić information content (AvgIpc) is 2.97. The molecule has 3 heteroatoms. The van der Waals surface area contributed by atoms with Crippen molar-refractivity contribution in [1.82, 2.24) is 5.32 Å². The second-order valence-corrected chi connectivity index (χ2v) is 6.60. The van der Waals surface area contributed by atoms with E-state index in [2.05, 4.69) is 45.2 Å². The van der Waals surface area contributed by atoms with E-state index in [1.54, 1.807) is 12.1 Å². The predicted octanol–water partition coefficient (Wildman–Crippen LogP) is 3.41. The smallest absolute Gasteiger partial charge is 0.224 e. The molecule has 0 aliphatic heterocycles. The number of nitriles is 1. The molecule has 2 rings (SSSR count). The number of allylic oxidation sites excluding steroid dienone is 2. The zero-order valence-corrected chi connectivity index (χ0v) is 13.1. The molecule has 0 radical (unpaired) electrons. The normalized spacial score (nSPS) is 22.0. The van der Waals surface area contributed by atoms with Crippen molar-refractivity contribution in [3.8, 4) is 6.07 Å². The van der Waals surface area contributed by atoms with Gasteiger partial charge in [-0.2, -0.15) is 5.26 Å². The molecule has 1 aromatic rings. The molecular formula is C18H22N2O. The number of benzene rings is 1.